The predicted molar refractivity (Wildman–Crippen MR) is 101 cm³/mol. The van der Waals surface area contributed by atoms with Gasteiger partial charge in [-0.2, -0.15) is 5.10 Å². The van der Waals surface area contributed by atoms with E-state index in [4.69, 9.17) is 0 Å². The molecular formula is C21H20N4O2. The Bertz CT molecular complexity index is 1040. The van der Waals surface area contributed by atoms with Gasteiger partial charge in [0, 0.05) is 43.5 Å². The van der Waals surface area contributed by atoms with Crippen LogP contribution in [0.5, 0.6) is 0 Å². The first-order valence-corrected chi connectivity index (χ1v) is 9.28. The Morgan fingerprint density at radius 2 is 1.89 bits per heavy atom. The number of rotatable bonds is 2. The molecule has 1 saturated heterocycles. The highest BCUT2D eigenvalue weighted by Gasteiger charge is 2.37. The number of hydrogen-bond donors (Lipinski definition) is 1. The molecule has 6 heteroatoms. The summed E-state index contributed by atoms with van der Waals surface area (Å²) in [6, 6.07) is 15.5. The van der Waals surface area contributed by atoms with E-state index in [0.29, 0.717) is 31.2 Å². The van der Waals surface area contributed by atoms with Crippen LogP contribution < -0.4 is 5.56 Å². The van der Waals surface area contributed by atoms with Crippen LogP contribution in [0.25, 0.3) is 11.1 Å². The minimum absolute atomic E-state index is 0.0165. The number of carbonyl (C=O) groups excluding carboxylic acids is 1. The third kappa shape index (κ3) is 2.77. The van der Waals surface area contributed by atoms with E-state index < -0.39 is 0 Å². The summed E-state index contributed by atoms with van der Waals surface area (Å²) in [4.78, 5) is 27.4. The van der Waals surface area contributed by atoms with E-state index in [2.05, 4.69) is 16.3 Å². The van der Waals surface area contributed by atoms with Crippen molar-refractivity contribution in [2.45, 2.75) is 18.9 Å². The third-order valence-corrected chi connectivity index (χ3v) is 5.68. The summed E-state index contributed by atoms with van der Waals surface area (Å²) in [5, 5.41) is 6.65. The van der Waals surface area contributed by atoms with E-state index in [1.807, 2.05) is 39.8 Å². The summed E-state index contributed by atoms with van der Waals surface area (Å²) in [5.41, 5.74) is 3.60. The molecule has 0 aliphatic carbocycles. The van der Waals surface area contributed by atoms with E-state index in [0.717, 1.165) is 23.2 Å². The molecule has 2 aliphatic heterocycles. The van der Waals surface area contributed by atoms with E-state index in [1.165, 1.54) is 0 Å². The topological polar surface area (TPSA) is 71.0 Å². The lowest BCUT2D eigenvalue weighted by Gasteiger charge is -2.42. The molecule has 27 heavy (non-hydrogen) atoms. The van der Waals surface area contributed by atoms with Gasteiger partial charge in [-0.25, -0.2) is 0 Å². The van der Waals surface area contributed by atoms with Gasteiger partial charge in [0.15, 0.2) is 0 Å². The van der Waals surface area contributed by atoms with Crippen molar-refractivity contribution >= 4 is 5.91 Å². The lowest BCUT2D eigenvalue weighted by Crippen LogP contribution is -2.49. The van der Waals surface area contributed by atoms with E-state index >= 15 is 0 Å². The maximum Gasteiger partial charge on any atom is 0.271 e. The Morgan fingerprint density at radius 3 is 2.67 bits per heavy atom. The molecule has 5 rings (SSSR count). The summed E-state index contributed by atoms with van der Waals surface area (Å²) in [6.07, 6.45) is 2.61. The number of H-pyrrole nitrogens is 1. The van der Waals surface area contributed by atoms with Crippen LogP contribution >= 0.6 is 0 Å². The normalized spacial score (nSPS) is 21.0. The molecule has 1 N–H and O–H groups in total. The van der Waals surface area contributed by atoms with Crippen molar-refractivity contribution in [3.05, 3.63) is 76.5 Å². The molecule has 4 heterocycles. The number of likely N-dealkylation sites (tertiary alicyclic amines) is 1. The van der Waals surface area contributed by atoms with Crippen molar-refractivity contribution in [1.29, 1.82) is 0 Å². The Balaban J connectivity index is 1.51. The Kier molecular flexibility index (Phi) is 3.70. The number of aromatic amines is 1. The van der Waals surface area contributed by atoms with Crippen molar-refractivity contribution in [2.24, 2.45) is 5.92 Å². The van der Waals surface area contributed by atoms with Crippen LogP contribution in [0.4, 0.5) is 0 Å². The number of benzene rings is 1. The van der Waals surface area contributed by atoms with Crippen LogP contribution in [0.3, 0.4) is 0 Å². The van der Waals surface area contributed by atoms with Crippen LogP contribution in [0.1, 0.15) is 28.5 Å². The Morgan fingerprint density at radius 1 is 1.04 bits per heavy atom. The molecule has 0 spiro atoms. The zero-order valence-electron chi connectivity index (χ0n) is 14.8. The molecule has 0 radical (unpaired) electrons. The second-order valence-corrected chi connectivity index (χ2v) is 7.46. The number of pyridine rings is 1. The van der Waals surface area contributed by atoms with Crippen molar-refractivity contribution in [3.8, 4) is 11.1 Å². The smallest absolute Gasteiger partial charge is 0.271 e. The standard InChI is InChI=1S/C21H20N4O2/c26-20-10-16(15-4-2-1-3-5-15)9-19-17-8-14(12-25(19)20)11-24(13-17)21(27)18-6-7-22-23-18/h1-7,9-10,14,17H,8,11-13H2,(H,22,23)/t14-,17+/m0/s1. The minimum atomic E-state index is -0.0165. The Hall–Kier alpha value is -3.15. The SMILES string of the molecule is O=C(c1ccn[nH]1)N1C[C@@H]2C[C@H](C1)c1cc(-c3ccccc3)cc(=O)n1C2. The molecule has 136 valence electrons. The van der Waals surface area contributed by atoms with Crippen LogP contribution in [-0.4, -0.2) is 38.7 Å². The zero-order valence-corrected chi connectivity index (χ0v) is 14.8. The van der Waals surface area contributed by atoms with Crippen LogP contribution in [0.15, 0.2) is 59.5 Å². The van der Waals surface area contributed by atoms with Gasteiger partial charge in [-0.05, 0) is 35.6 Å². The molecule has 2 bridgehead atoms. The van der Waals surface area contributed by atoms with Crippen LogP contribution in [-0.2, 0) is 6.54 Å². The third-order valence-electron chi connectivity index (χ3n) is 5.68. The molecule has 2 atom stereocenters. The first-order chi connectivity index (χ1) is 13.2. The average Bonchev–Trinajstić information content (AvgIpc) is 3.23. The maximum absolute atomic E-state index is 12.8. The van der Waals surface area contributed by atoms with Gasteiger partial charge in [-0.1, -0.05) is 30.3 Å². The lowest BCUT2D eigenvalue weighted by molar-refractivity contribution is 0.0589. The number of nitrogens with zero attached hydrogens (tertiary/aromatic N) is 3. The highest BCUT2D eigenvalue weighted by atomic mass is 16.2. The monoisotopic (exact) mass is 360 g/mol. The minimum Gasteiger partial charge on any atom is -0.336 e. The molecule has 2 aliphatic rings. The number of fused-ring (bicyclic) bond motifs is 4. The number of hydrogen-bond acceptors (Lipinski definition) is 3. The van der Waals surface area contributed by atoms with Gasteiger partial charge in [-0.15, -0.1) is 0 Å². The summed E-state index contributed by atoms with van der Waals surface area (Å²) < 4.78 is 1.91. The maximum atomic E-state index is 12.8. The van der Waals surface area contributed by atoms with Crippen LogP contribution in [0, 0.1) is 5.92 Å². The van der Waals surface area contributed by atoms with Gasteiger partial charge in [-0.3, -0.25) is 14.7 Å². The fraction of sp³-hybridized carbons (Fsp3) is 0.286. The molecular weight excluding hydrogens is 340 g/mol. The number of piperidine rings is 1. The average molecular weight is 360 g/mol. The summed E-state index contributed by atoms with van der Waals surface area (Å²) >= 11 is 0. The Labute approximate surface area is 156 Å². The predicted octanol–water partition coefficient (Wildman–Crippen LogP) is 2.50. The second-order valence-electron chi connectivity index (χ2n) is 7.46. The zero-order chi connectivity index (χ0) is 18.4. The molecule has 1 aromatic carbocycles. The van der Waals surface area contributed by atoms with Gasteiger partial charge < -0.3 is 9.47 Å². The van der Waals surface area contributed by atoms with E-state index in [-0.39, 0.29) is 17.4 Å². The van der Waals surface area contributed by atoms with Crippen molar-refractivity contribution in [3.63, 3.8) is 0 Å². The highest BCUT2D eigenvalue weighted by Crippen LogP contribution is 2.36. The summed E-state index contributed by atoms with van der Waals surface area (Å²) in [6.45, 7) is 1.99. The van der Waals surface area contributed by atoms with E-state index in [9.17, 15) is 9.59 Å². The fourth-order valence-corrected chi connectivity index (χ4v) is 4.47. The highest BCUT2D eigenvalue weighted by molar-refractivity contribution is 5.92. The summed E-state index contributed by atoms with van der Waals surface area (Å²) in [5.74, 6) is 0.473. The molecule has 0 saturated carbocycles. The summed E-state index contributed by atoms with van der Waals surface area (Å²) in [7, 11) is 0. The van der Waals surface area contributed by atoms with Gasteiger partial charge in [0.25, 0.3) is 11.5 Å². The number of nitrogens with one attached hydrogen (secondary N) is 1. The van der Waals surface area contributed by atoms with Crippen molar-refractivity contribution in [1.82, 2.24) is 19.7 Å². The molecule has 2 aromatic heterocycles. The largest absolute Gasteiger partial charge is 0.336 e. The van der Waals surface area contributed by atoms with E-state index in [1.54, 1.807) is 18.3 Å². The fourth-order valence-electron chi connectivity index (χ4n) is 4.47. The molecule has 0 unspecified atom stereocenters. The van der Waals surface area contributed by atoms with Gasteiger partial charge in [0.2, 0.25) is 0 Å². The first-order valence-electron chi connectivity index (χ1n) is 9.28. The van der Waals surface area contributed by atoms with Gasteiger partial charge in [0.05, 0.1) is 0 Å². The number of carbonyl (C=O) groups is 1. The second kappa shape index (κ2) is 6.23. The quantitative estimate of drug-likeness (QED) is 0.763. The lowest BCUT2D eigenvalue weighted by atomic mass is 9.82. The molecule has 6 nitrogen and oxygen atoms in total. The van der Waals surface area contributed by atoms with Crippen molar-refractivity contribution in [2.75, 3.05) is 13.1 Å². The molecule has 1 amide bonds. The molecule has 1 fully saturated rings. The van der Waals surface area contributed by atoms with Crippen molar-refractivity contribution < 1.29 is 4.79 Å². The van der Waals surface area contributed by atoms with Crippen LogP contribution in [0.2, 0.25) is 0 Å². The number of amides is 1. The first kappa shape index (κ1) is 16.1. The van der Waals surface area contributed by atoms with Gasteiger partial charge >= 0.3 is 0 Å². The number of aromatic nitrogens is 3. The molecule has 3 aromatic rings. The van der Waals surface area contributed by atoms with Gasteiger partial charge in [0.1, 0.15) is 5.69 Å².